The second kappa shape index (κ2) is 7.43. The van der Waals surface area contributed by atoms with Crippen LogP contribution in [0.2, 0.25) is 0 Å². The Balaban J connectivity index is 1.33. The third kappa shape index (κ3) is 4.04. The standard InChI is InChI=1S/C22H25F2NO3/c23-18-4-1-14(2-5-18)8-22(28)9-16-11-25(12-17(16)10-22)13-21(27)15-3-6-20(26)19(24)7-15/h1-7,16-17,21,26-28H,8-13H2/t16-,17+,21?,22+. The fourth-order valence-corrected chi connectivity index (χ4v) is 4.91. The van der Waals surface area contributed by atoms with Crippen LogP contribution in [-0.2, 0) is 6.42 Å². The van der Waals surface area contributed by atoms with Gasteiger partial charge in [0.25, 0.3) is 0 Å². The van der Waals surface area contributed by atoms with E-state index in [1.54, 1.807) is 12.1 Å². The number of hydrogen-bond acceptors (Lipinski definition) is 4. The molecule has 2 aliphatic rings. The van der Waals surface area contributed by atoms with Crippen LogP contribution in [0.25, 0.3) is 0 Å². The molecule has 0 aromatic heterocycles. The summed E-state index contributed by atoms with van der Waals surface area (Å²) in [5.41, 5.74) is 0.614. The quantitative estimate of drug-likeness (QED) is 0.736. The van der Waals surface area contributed by atoms with Crippen LogP contribution in [0.5, 0.6) is 5.75 Å². The van der Waals surface area contributed by atoms with Crippen molar-refractivity contribution in [3.8, 4) is 5.75 Å². The summed E-state index contributed by atoms with van der Waals surface area (Å²) in [6, 6.07) is 10.2. The number of aromatic hydroxyl groups is 1. The van der Waals surface area contributed by atoms with Gasteiger partial charge in [0.15, 0.2) is 11.6 Å². The molecular weight excluding hydrogens is 364 g/mol. The average Bonchev–Trinajstić information content (AvgIpc) is 3.13. The molecule has 4 nitrogen and oxygen atoms in total. The van der Waals surface area contributed by atoms with E-state index in [4.69, 9.17) is 0 Å². The summed E-state index contributed by atoms with van der Waals surface area (Å²) in [6.45, 7) is 1.97. The molecule has 0 radical (unpaired) electrons. The molecule has 1 aliphatic carbocycles. The highest BCUT2D eigenvalue weighted by Gasteiger charge is 2.48. The second-order valence-electron chi connectivity index (χ2n) is 8.40. The summed E-state index contributed by atoms with van der Waals surface area (Å²) in [5.74, 6) is -0.724. The summed E-state index contributed by atoms with van der Waals surface area (Å²) in [4.78, 5) is 2.15. The fraction of sp³-hybridized carbons (Fsp3) is 0.455. The van der Waals surface area contributed by atoms with Crippen molar-refractivity contribution in [2.45, 2.75) is 31.0 Å². The zero-order valence-electron chi connectivity index (χ0n) is 15.6. The van der Waals surface area contributed by atoms with Gasteiger partial charge in [0.05, 0.1) is 11.7 Å². The zero-order valence-corrected chi connectivity index (χ0v) is 15.6. The number of aliphatic hydroxyl groups is 2. The van der Waals surface area contributed by atoms with Gasteiger partial charge in [-0.3, -0.25) is 4.90 Å². The number of phenolic OH excluding ortho intramolecular Hbond substituents is 1. The Labute approximate surface area is 163 Å². The molecule has 2 fully saturated rings. The summed E-state index contributed by atoms with van der Waals surface area (Å²) < 4.78 is 26.6. The molecule has 1 saturated heterocycles. The molecule has 2 aromatic rings. The molecule has 6 heteroatoms. The molecule has 28 heavy (non-hydrogen) atoms. The number of rotatable bonds is 5. The maximum Gasteiger partial charge on any atom is 0.165 e. The first kappa shape index (κ1) is 19.3. The number of β-amino-alcohol motifs (C(OH)–C–C–N with tert-alkyl or cyclic N) is 1. The van der Waals surface area contributed by atoms with Crippen LogP contribution in [0.15, 0.2) is 42.5 Å². The number of hydrogen-bond donors (Lipinski definition) is 3. The predicted octanol–water partition coefficient (Wildman–Crippen LogP) is 3.02. The van der Waals surface area contributed by atoms with E-state index >= 15 is 0 Å². The molecule has 4 atom stereocenters. The highest BCUT2D eigenvalue weighted by molar-refractivity contribution is 5.29. The largest absolute Gasteiger partial charge is 0.505 e. The van der Waals surface area contributed by atoms with Gasteiger partial charge in [-0.15, -0.1) is 0 Å². The number of aliphatic hydroxyl groups excluding tert-OH is 1. The topological polar surface area (TPSA) is 63.9 Å². The molecule has 1 aliphatic heterocycles. The minimum Gasteiger partial charge on any atom is -0.505 e. The Morgan fingerprint density at radius 3 is 2.29 bits per heavy atom. The first-order valence-corrected chi connectivity index (χ1v) is 9.67. The van der Waals surface area contributed by atoms with Crippen molar-refractivity contribution in [1.82, 2.24) is 4.90 Å². The summed E-state index contributed by atoms with van der Waals surface area (Å²) in [7, 11) is 0. The van der Waals surface area contributed by atoms with Crippen molar-refractivity contribution < 1.29 is 24.1 Å². The first-order valence-electron chi connectivity index (χ1n) is 9.67. The van der Waals surface area contributed by atoms with Crippen LogP contribution < -0.4 is 0 Å². The van der Waals surface area contributed by atoms with Crippen molar-refractivity contribution in [3.05, 3.63) is 65.2 Å². The minimum absolute atomic E-state index is 0.276. The van der Waals surface area contributed by atoms with Gasteiger partial charge in [-0.2, -0.15) is 0 Å². The van der Waals surface area contributed by atoms with Crippen molar-refractivity contribution in [2.24, 2.45) is 11.8 Å². The van der Waals surface area contributed by atoms with Crippen LogP contribution in [0.1, 0.15) is 30.1 Å². The van der Waals surface area contributed by atoms with E-state index in [0.717, 1.165) is 18.7 Å². The van der Waals surface area contributed by atoms with Crippen molar-refractivity contribution >= 4 is 0 Å². The zero-order chi connectivity index (χ0) is 19.9. The number of likely N-dealkylation sites (tertiary alicyclic amines) is 1. The number of fused-ring (bicyclic) bond motifs is 1. The number of halogens is 2. The Hall–Kier alpha value is -2.02. The SMILES string of the molecule is Oc1ccc(C(O)CN2C[C@@H]3C[C@](O)(Cc4ccc(F)cc4)C[C@@H]3C2)cc1F. The Morgan fingerprint density at radius 1 is 1.04 bits per heavy atom. The van der Waals surface area contributed by atoms with Gasteiger partial charge in [0, 0.05) is 26.1 Å². The lowest BCUT2D eigenvalue weighted by molar-refractivity contribution is 0.0328. The molecule has 2 aromatic carbocycles. The van der Waals surface area contributed by atoms with E-state index in [9.17, 15) is 24.1 Å². The second-order valence-corrected chi connectivity index (χ2v) is 8.40. The van der Waals surface area contributed by atoms with Crippen LogP contribution in [0, 0.1) is 23.5 Å². The monoisotopic (exact) mass is 389 g/mol. The van der Waals surface area contributed by atoms with Gasteiger partial charge in [-0.05, 0) is 60.1 Å². The molecule has 0 spiro atoms. The van der Waals surface area contributed by atoms with E-state index in [-0.39, 0.29) is 5.82 Å². The first-order chi connectivity index (χ1) is 13.3. The number of nitrogens with zero attached hydrogens (tertiary/aromatic N) is 1. The molecule has 0 bridgehead atoms. The van der Waals surface area contributed by atoms with Gasteiger partial charge in [-0.25, -0.2) is 8.78 Å². The van der Waals surface area contributed by atoms with E-state index < -0.39 is 23.3 Å². The fourth-order valence-electron chi connectivity index (χ4n) is 4.91. The van der Waals surface area contributed by atoms with Crippen molar-refractivity contribution in [3.63, 3.8) is 0 Å². The molecular formula is C22H25F2NO3. The van der Waals surface area contributed by atoms with Gasteiger partial charge >= 0.3 is 0 Å². The Morgan fingerprint density at radius 2 is 1.68 bits per heavy atom. The van der Waals surface area contributed by atoms with E-state index in [1.807, 2.05) is 0 Å². The Bertz CT molecular complexity index is 828. The molecule has 3 N–H and O–H groups in total. The molecule has 1 heterocycles. The lowest BCUT2D eigenvalue weighted by Gasteiger charge is -2.27. The van der Waals surface area contributed by atoms with Crippen molar-refractivity contribution in [1.29, 1.82) is 0 Å². The number of phenols is 1. The average molecular weight is 389 g/mol. The lowest BCUT2D eigenvalue weighted by Crippen LogP contribution is -2.33. The molecule has 1 unspecified atom stereocenters. The van der Waals surface area contributed by atoms with Crippen LogP contribution in [0.4, 0.5) is 8.78 Å². The van der Waals surface area contributed by atoms with Gasteiger partial charge in [0.2, 0.25) is 0 Å². The maximum atomic E-state index is 13.5. The molecule has 4 rings (SSSR count). The van der Waals surface area contributed by atoms with Gasteiger partial charge in [0.1, 0.15) is 5.82 Å². The summed E-state index contributed by atoms with van der Waals surface area (Å²) in [5, 5.41) is 30.7. The van der Waals surface area contributed by atoms with Crippen LogP contribution >= 0.6 is 0 Å². The normalized spacial score (nSPS) is 28.4. The van der Waals surface area contributed by atoms with Crippen LogP contribution in [-0.4, -0.2) is 45.5 Å². The van der Waals surface area contributed by atoms with Gasteiger partial charge < -0.3 is 15.3 Å². The lowest BCUT2D eigenvalue weighted by atomic mass is 9.91. The summed E-state index contributed by atoms with van der Waals surface area (Å²) >= 11 is 0. The highest BCUT2D eigenvalue weighted by atomic mass is 19.1. The van der Waals surface area contributed by atoms with E-state index in [1.165, 1.54) is 30.3 Å². The van der Waals surface area contributed by atoms with E-state index in [0.29, 0.717) is 43.2 Å². The minimum atomic E-state index is -0.827. The van der Waals surface area contributed by atoms with Gasteiger partial charge in [-0.1, -0.05) is 18.2 Å². The third-order valence-electron chi connectivity index (χ3n) is 6.17. The number of benzene rings is 2. The van der Waals surface area contributed by atoms with Crippen LogP contribution in [0.3, 0.4) is 0 Å². The predicted molar refractivity (Wildman–Crippen MR) is 101 cm³/mol. The smallest absolute Gasteiger partial charge is 0.165 e. The maximum absolute atomic E-state index is 13.5. The Kier molecular flexibility index (Phi) is 5.12. The molecule has 0 amide bonds. The van der Waals surface area contributed by atoms with E-state index in [2.05, 4.69) is 4.90 Å². The summed E-state index contributed by atoms with van der Waals surface area (Å²) in [6.07, 6.45) is 1.08. The molecule has 1 saturated carbocycles. The van der Waals surface area contributed by atoms with Crippen molar-refractivity contribution in [2.75, 3.05) is 19.6 Å². The highest BCUT2D eigenvalue weighted by Crippen LogP contribution is 2.45. The third-order valence-corrected chi connectivity index (χ3v) is 6.17. The molecule has 150 valence electrons.